The van der Waals surface area contributed by atoms with Crippen LogP contribution in [0, 0.1) is 6.92 Å². The molecule has 1 N–H and O–H groups in total. The minimum Gasteiger partial charge on any atom is -0.335 e. The highest BCUT2D eigenvalue weighted by Gasteiger charge is 2.06. The molecule has 86 valence electrons. The van der Waals surface area contributed by atoms with Gasteiger partial charge in [-0.1, -0.05) is 37.8 Å². The number of unbranched alkanes of at least 4 members (excludes halogenated alkanes) is 3. The van der Waals surface area contributed by atoms with E-state index in [9.17, 15) is 0 Å². The Bertz CT molecular complexity index is 273. The van der Waals surface area contributed by atoms with Gasteiger partial charge < -0.3 is 9.84 Å². The predicted molar refractivity (Wildman–Crippen MR) is 60.9 cm³/mol. The monoisotopic (exact) mass is 211 g/mol. The Hall–Kier alpha value is -1.06. The smallest absolute Gasteiger partial charge is 0.321 e. The van der Waals surface area contributed by atoms with E-state index in [0.717, 1.165) is 6.42 Å². The molecule has 1 heterocycles. The van der Waals surface area contributed by atoms with Crippen LogP contribution < -0.4 is 5.32 Å². The molecule has 4 heteroatoms. The molecule has 0 aliphatic rings. The quantitative estimate of drug-likeness (QED) is 0.704. The number of anilines is 1. The molecular weight excluding hydrogens is 190 g/mol. The minimum absolute atomic E-state index is 0.404. The van der Waals surface area contributed by atoms with Crippen molar-refractivity contribution in [1.29, 1.82) is 0 Å². The van der Waals surface area contributed by atoms with Crippen molar-refractivity contribution in [3.05, 3.63) is 5.82 Å². The maximum atomic E-state index is 4.99. The lowest BCUT2D eigenvalue weighted by atomic mass is 10.1. The fourth-order valence-electron chi connectivity index (χ4n) is 1.52. The van der Waals surface area contributed by atoms with E-state index < -0.39 is 0 Å². The number of hydrogen-bond donors (Lipinski definition) is 1. The Morgan fingerprint density at radius 1 is 1.33 bits per heavy atom. The van der Waals surface area contributed by atoms with Gasteiger partial charge >= 0.3 is 6.01 Å². The van der Waals surface area contributed by atoms with Gasteiger partial charge in [-0.3, -0.25) is 0 Å². The van der Waals surface area contributed by atoms with Gasteiger partial charge in [-0.2, -0.15) is 4.98 Å². The van der Waals surface area contributed by atoms with Crippen LogP contribution in [-0.4, -0.2) is 16.2 Å². The second kappa shape index (κ2) is 6.43. The third-order valence-corrected chi connectivity index (χ3v) is 2.39. The van der Waals surface area contributed by atoms with Crippen molar-refractivity contribution in [2.24, 2.45) is 0 Å². The molecule has 0 fully saturated rings. The van der Waals surface area contributed by atoms with Gasteiger partial charge in [-0.25, -0.2) is 0 Å². The second-order valence-corrected chi connectivity index (χ2v) is 4.04. The lowest BCUT2D eigenvalue weighted by Crippen LogP contribution is -2.15. The SMILES string of the molecule is CCCCCCC(C)Nc1nc(C)no1. The molecule has 0 aliphatic carbocycles. The minimum atomic E-state index is 0.404. The first-order valence-electron chi connectivity index (χ1n) is 5.79. The first kappa shape index (κ1) is 12.0. The lowest BCUT2D eigenvalue weighted by Gasteiger charge is -2.10. The van der Waals surface area contributed by atoms with Crippen molar-refractivity contribution in [3.8, 4) is 0 Å². The van der Waals surface area contributed by atoms with Crippen LogP contribution in [-0.2, 0) is 0 Å². The van der Waals surface area contributed by atoms with Crippen LogP contribution in [0.3, 0.4) is 0 Å². The summed E-state index contributed by atoms with van der Waals surface area (Å²) in [5.74, 6) is 0.677. The maximum Gasteiger partial charge on any atom is 0.321 e. The summed E-state index contributed by atoms with van der Waals surface area (Å²) in [6, 6.07) is 0.942. The zero-order chi connectivity index (χ0) is 11.1. The first-order chi connectivity index (χ1) is 7.22. The van der Waals surface area contributed by atoms with Crippen molar-refractivity contribution < 1.29 is 4.52 Å². The van der Waals surface area contributed by atoms with Crippen LogP contribution in [0.4, 0.5) is 6.01 Å². The molecule has 0 saturated carbocycles. The van der Waals surface area contributed by atoms with Gasteiger partial charge in [-0.15, -0.1) is 0 Å². The Labute approximate surface area is 91.5 Å². The van der Waals surface area contributed by atoms with Crippen molar-refractivity contribution in [1.82, 2.24) is 10.1 Å². The van der Waals surface area contributed by atoms with Gasteiger partial charge in [0.2, 0.25) is 0 Å². The Kier molecular flexibility index (Phi) is 5.15. The van der Waals surface area contributed by atoms with Gasteiger partial charge in [-0.05, 0) is 20.3 Å². The molecule has 0 aliphatic heterocycles. The van der Waals surface area contributed by atoms with Gasteiger partial charge in [0.15, 0.2) is 5.82 Å². The van der Waals surface area contributed by atoms with Crippen LogP contribution in [0.2, 0.25) is 0 Å². The van der Waals surface area contributed by atoms with Gasteiger partial charge in [0.25, 0.3) is 0 Å². The lowest BCUT2D eigenvalue weighted by molar-refractivity contribution is 0.420. The predicted octanol–water partition coefficient (Wildman–Crippen LogP) is 3.15. The number of hydrogen-bond acceptors (Lipinski definition) is 4. The summed E-state index contributed by atoms with van der Waals surface area (Å²) < 4.78 is 4.99. The molecule has 0 bridgehead atoms. The number of nitrogens with one attached hydrogen (secondary N) is 1. The third kappa shape index (κ3) is 4.81. The number of rotatable bonds is 7. The van der Waals surface area contributed by atoms with E-state index in [1.54, 1.807) is 0 Å². The normalized spacial score (nSPS) is 12.7. The van der Waals surface area contributed by atoms with Crippen LogP contribution in [0.1, 0.15) is 51.8 Å². The molecule has 15 heavy (non-hydrogen) atoms. The van der Waals surface area contributed by atoms with Gasteiger partial charge in [0.05, 0.1) is 0 Å². The first-order valence-corrected chi connectivity index (χ1v) is 5.79. The fraction of sp³-hybridized carbons (Fsp3) is 0.818. The fourth-order valence-corrected chi connectivity index (χ4v) is 1.52. The topological polar surface area (TPSA) is 51.0 Å². The Morgan fingerprint density at radius 3 is 2.73 bits per heavy atom. The largest absolute Gasteiger partial charge is 0.335 e. The highest BCUT2D eigenvalue weighted by atomic mass is 16.5. The van der Waals surface area contributed by atoms with Crippen LogP contribution >= 0.6 is 0 Å². The Balaban J connectivity index is 2.15. The van der Waals surface area contributed by atoms with Crippen LogP contribution in [0.5, 0.6) is 0 Å². The molecule has 1 aromatic rings. The molecular formula is C11H21N3O. The molecule has 1 atom stereocenters. The molecule has 0 amide bonds. The molecule has 4 nitrogen and oxygen atoms in total. The summed E-state index contributed by atoms with van der Waals surface area (Å²) in [6.07, 6.45) is 6.33. The highest BCUT2D eigenvalue weighted by Crippen LogP contribution is 2.10. The summed E-state index contributed by atoms with van der Waals surface area (Å²) in [4.78, 5) is 4.11. The van der Waals surface area contributed by atoms with E-state index in [1.807, 2.05) is 6.92 Å². The molecule has 1 rings (SSSR count). The third-order valence-electron chi connectivity index (χ3n) is 2.39. The molecule has 0 spiro atoms. The van der Waals surface area contributed by atoms with E-state index in [0.29, 0.717) is 17.9 Å². The zero-order valence-corrected chi connectivity index (χ0v) is 9.92. The maximum absolute atomic E-state index is 4.99. The number of aryl methyl sites for hydroxylation is 1. The van der Waals surface area contributed by atoms with Gasteiger partial charge in [0, 0.05) is 6.04 Å². The average Bonchev–Trinajstić information content (AvgIpc) is 2.59. The standard InChI is InChI=1S/C11H21N3O/c1-4-5-6-7-8-9(2)12-11-13-10(3)14-15-11/h9H,4-8H2,1-3H3,(H,12,13,14). The molecule has 1 unspecified atom stereocenters. The van der Waals surface area contributed by atoms with E-state index in [-0.39, 0.29) is 0 Å². The van der Waals surface area contributed by atoms with Gasteiger partial charge in [0.1, 0.15) is 0 Å². The van der Waals surface area contributed by atoms with E-state index in [2.05, 4.69) is 29.3 Å². The summed E-state index contributed by atoms with van der Waals surface area (Å²) in [7, 11) is 0. The number of aromatic nitrogens is 2. The van der Waals surface area contributed by atoms with E-state index >= 15 is 0 Å². The van der Waals surface area contributed by atoms with E-state index in [4.69, 9.17) is 4.52 Å². The summed E-state index contributed by atoms with van der Waals surface area (Å²) >= 11 is 0. The molecule has 1 aromatic heterocycles. The van der Waals surface area contributed by atoms with Crippen LogP contribution in [0.15, 0.2) is 4.52 Å². The zero-order valence-electron chi connectivity index (χ0n) is 9.92. The average molecular weight is 211 g/mol. The van der Waals surface area contributed by atoms with Crippen molar-refractivity contribution in [2.45, 2.75) is 58.9 Å². The highest BCUT2D eigenvalue weighted by molar-refractivity contribution is 5.19. The van der Waals surface area contributed by atoms with Crippen LogP contribution in [0.25, 0.3) is 0 Å². The van der Waals surface area contributed by atoms with Crippen molar-refractivity contribution >= 4 is 6.01 Å². The Morgan fingerprint density at radius 2 is 2.13 bits per heavy atom. The summed E-state index contributed by atoms with van der Waals surface area (Å²) in [5, 5.41) is 6.93. The number of nitrogens with zero attached hydrogens (tertiary/aromatic N) is 2. The van der Waals surface area contributed by atoms with E-state index in [1.165, 1.54) is 25.7 Å². The summed E-state index contributed by atoms with van der Waals surface area (Å²) in [6.45, 7) is 6.19. The van der Waals surface area contributed by atoms with Crippen molar-refractivity contribution in [3.63, 3.8) is 0 Å². The second-order valence-electron chi connectivity index (χ2n) is 4.04. The molecule has 0 radical (unpaired) electrons. The summed E-state index contributed by atoms with van der Waals surface area (Å²) in [5.41, 5.74) is 0. The van der Waals surface area contributed by atoms with Crippen molar-refractivity contribution in [2.75, 3.05) is 5.32 Å². The molecule has 0 saturated heterocycles. The molecule has 0 aromatic carbocycles.